The number of hydrogen-bond donors (Lipinski definition) is 2. The van der Waals surface area contributed by atoms with Gasteiger partial charge in [0.05, 0.1) is 12.7 Å². The summed E-state index contributed by atoms with van der Waals surface area (Å²) in [5.41, 5.74) is -0.480. The molecule has 0 aliphatic rings. The summed E-state index contributed by atoms with van der Waals surface area (Å²) in [5, 5.41) is 9.55. The van der Waals surface area contributed by atoms with Crippen LogP contribution in [0.15, 0.2) is 24.3 Å². The van der Waals surface area contributed by atoms with Crippen molar-refractivity contribution in [1.82, 2.24) is 0 Å². The molecule has 0 amide bonds. The summed E-state index contributed by atoms with van der Waals surface area (Å²) < 4.78 is 35.3. The van der Waals surface area contributed by atoms with E-state index in [-0.39, 0.29) is 24.8 Å². The fourth-order valence-corrected chi connectivity index (χ4v) is 2.82. The Labute approximate surface area is 142 Å². The molecule has 120 valence electrons. The van der Waals surface area contributed by atoms with Gasteiger partial charge in [-0.05, 0) is 30.0 Å². The molecule has 1 aromatic rings. The number of aliphatic hydroxyl groups is 1. The van der Waals surface area contributed by atoms with Crippen molar-refractivity contribution in [3.63, 3.8) is 0 Å². The minimum atomic E-state index is -4.47. The summed E-state index contributed by atoms with van der Waals surface area (Å²) in [7, 11) is -3.16. The predicted octanol–water partition coefficient (Wildman–Crippen LogP) is 0.846. The van der Waals surface area contributed by atoms with Crippen LogP contribution in [-0.2, 0) is 21.3 Å². The maximum absolute atomic E-state index is 11.3. The maximum atomic E-state index is 11.3. The Morgan fingerprint density at radius 3 is 2.14 bits per heavy atom. The predicted molar refractivity (Wildman–Crippen MR) is 84.5 cm³/mol. The first-order chi connectivity index (χ1) is 9.66. The molecule has 1 aromatic carbocycles. The van der Waals surface area contributed by atoms with Crippen LogP contribution in [0.25, 0.3) is 0 Å². The third-order valence-corrected chi connectivity index (χ3v) is 4.62. The quantitative estimate of drug-likeness (QED) is 0.457. The molecular weight excluding hydrogens is 303 g/mol. The zero-order valence-corrected chi connectivity index (χ0v) is 13.0. The molecule has 0 fully saturated rings. The molecule has 1 rings (SSSR count). The van der Waals surface area contributed by atoms with Crippen LogP contribution < -0.4 is 0 Å². The normalized spacial score (nSPS) is 15.3. The molecule has 0 saturated heterocycles. The molecule has 3 unspecified atom stereocenters. The van der Waals surface area contributed by atoms with Gasteiger partial charge in [-0.25, -0.2) is 4.79 Å². The van der Waals surface area contributed by atoms with Gasteiger partial charge in [0.25, 0.3) is 10.1 Å². The van der Waals surface area contributed by atoms with Gasteiger partial charge in [-0.1, -0.05) is 26.0 Å². The van der Waals surface area contributed by atoms with Gasteiger partial charge in [0, 0.05) is 5.92 Å². The van der Waals surface area contributed by atoms with E-state index in [1.165, 1.54) is 7.11 Å². The number of aliphatic hydroxyl groups excluding tert-OH is 1. The molecule has 6 nitrogen and oxygen atoms in total. The van der Waals surface area contributed by atoms with Crippen LogP contribution in [0.2, 0.25) is 0 Å². The minimum absolute atomic E-state index is 0. The first kappa shape index (κ1) is 21.2. The Balaban J connectivity index is 0.00000441. The molecule has 2 N–H and O–H groups in total. The molecule has 0 aliphatic carbocycles. The molecular formula is C14H21LiO6S. The summed E-state index contributed by atoms with van der Waals surface area (Å²) in [5.74, 6) is -1.23. The summed E-state index contributed by atoms with van der Waals surface area (Å²) >= 11 is 0. The van der Waals surface area contributed by atoms with Crippen molar-refractivity contribution in [3.8, 4) is 0 Å². The molecule has 0 aromatic heterocycles. The van der Waals surface area contributed by atoms with Gasteiger partial charge in [0.15, 0.2) is 5.44 Å². The van der Waals surface area contributed by atoms with Crippen molar-refractivity contribution >= 4 is 34.9 Å². The second-order valence-corrected chi connectivity index (χ2v) is 6.65. The van der Waals surface area contributed by atoms with Crippen LogP contribution in [0.4, 0.5) is 0 Å². The van der Waals surface area contributed by atoms with Gasteiger partial charge in [-0.2, -0.15) is 8.42 Å². The third-order valence-electron chi connectivity index (χ3n) is 3.59. The van der Waals surface area contributed by atoms with Crippen molar-refractivity contribution in [3.05, 3.63) is 35.4 Å². The SMILES string of the molecule is COC(=O)c1ccc(CC(C)C(C)C(O)S(=O)(=O)O)cc1.[LiH]. The van der Waals surface area contributed by atoms with E-state index in [4.69, 9.17) is 4.55 Å². The monoisotopic (exact) mass is 324 g/mol. The molecule has 0 bridgehead atoms. The molecule has 8 heteroatoms. The van der Waals surface area contributed by atoms with Gasteiger partial charge in [-0.3, -0.25) is 4.55 Å². The van der Waals surface area contributed by atoms with E-state index < -0.39 is 27.4 Å². The van der Waals surface area contributed by atoms with E-state index in [0.29, 0.717) is 12.0 Å². The molecule has 22 heavy (non-hydrogen) atoms. The Morgan fingerprint density at radius 1 is 1.23 bits per heavy atom. The molecule has 0 spiro atoms. The number of rotatable bonds is 6. The third kappa shape index (κ3) is 5.74. The van der Waals surface area contributed by atoms with E-state index >= 15 is 0 Å². The molecule has 0 radical (unpaired) electrons. The van der Waals surface area contributed by atoms with Crippen molar-refractivity contribution in [2.24, 2.45) is 11.8 Å². The van der Waals surface area contributed by atoms with E-state index in [9.17, 15) is 18.3 Å². The molecule has 0 saturated carbocycles. The zero-order chi connectivity index (χ0) is 16.2. The van der Waals surface area contributed by atoms with Crippen LogP contribution in [0, 0.1) is 11.8 Å². The van der Waals surface area contributed by atoms with Crippen LogP contribution in [0.5, 0.6) is 0 Å². The molecule has 3 atom stereocenters. The summed E-state index contributed by atoms with van der Waals surface area (Å²) in [4.78, 5) is 11.3. The second-order valence-electron chi connectivity index (χ2n) is 5.13. The average molecular weight is 324 g/mol. The standard InChI is InChI=1S/C14H20O6S.Li.H/c1-9(10(2)14(16)21(17,18)19)8-11-4-6-12(7-5-11)13(15)20-3;;/h4-7,9-10,14,16H,8H2,1-3H3,(H,17,18,19);;. The number of esters is 1. The van der Waals surface area contributed by atoms with Crippen molar-refractivity contribution in [2.75, 3.05) is 7.11 Å². The van der Waals surface area contributed by atoms with E-state index in [0.717, 1.165) is 5.56 Å². The molecule has 0 heterocycles. The van der Waals surface area contributed by atoms with E-state index in [1.54, 1.807) is 38.1 Å². The average Bonchev–Trinajstić information content (AvgIpc) is 2.44. The Hall–Kier alpha value is -0.843. The van der Waals surface area contributed by atoms with Crippen LogP contribution >= 0.6 is 0 Å². The van der Waals surface area contributed by atoms with Crippen LogP contribution in [0.1, 0.15) is 29.8 Å². The van der Waals surface area contributed by atoms with Crippen LogP contribution in [0.3, 0.4) is 0 Å². The van der Waals surface area contributed by atoms with Crippen molar-refractivity contribution in [2.45, 2.75) is 25.7 Å². The number of carbonyl (C=O) groups is 1. The summed E-state index contributed by atoms with van der Waals surface area (Å²) in [6.45, 7) is 3.35. The second kappa shape index (κ2) is 8.70. The number of ether oxygens (including phenoxy) is 1. The number of carbonyl (C=O) groups excluding carboxylic acids is 1. The van der Waals surface area contributed by atoms with Crippen molar-refractivity contribution < 1.29 is 27.6 Å². The van der Waals surface area contributed by atoms with Crippen LogP contribution in [-0.4, -0.2) is 55.5 Å². The van der Waals surface area contributed by atoms with Gasteiger partial charge in [-0.15, -0.1) is 0 Å². The fraction of sp³-hybridized carbons (Fsp3) is 0.500. The summed E-state index contributed by atoms with van der Waals surface area (Å²) in [6, 6.07) is 6.74. The fourth-order valence-electron chi connectivity index (χ4n) is 2.00. The number of benzene rings is 1. The number of hydrogen-bond acceptors (Lipinski definition) is 5. The first-order valence-electron chi connectivity index (χ1n) is 6.48. The topological polar surface area (TPSA) is 101 Å². The Kier molecular flexibility index (Phi) is 8.37. The zero-order valence-electron chi connectivity index (χ0n) is 12.2. The van der Waals surface area contributed by atoms with Gasteiger partial charge in [0.1, 0.15) is 0 Å². The van der Waals surface area contributed by atoms with Gasteiger partial charge in [0.2, 0.25) is 0 Å². The van der Waals surface area contributed by atoms with Crippen molar-refractivity contribution in [1.29, 1.82) is 0 Å². The van der Waals surface area contributed by atoms with E-state index in [1.807, 2.05) is 0 Å². The van der Waals surface area contributed by atoms with Gasteiger partial charge < -0.3 is 9.84 Å². The Morgan fingerprint density at radius 2 is 1.73 bits per heavy atom. The van der Waals surface area contributed by atoms with Gasteiger partial charge >= 0.3 is 24.8 Å². The molecule has 0 aliphatic heterocycles. The Bertz CT molecular complexity index is 584. The first-order valence-corrected chi connectivity index (χ1v) is 7.98. The summed E-state index contributed by atoms with van der Waals surface area (Å²) in [6.07, 6.45) is 0.509. The van der Waals surface area contributed by atoms with E-state index in [2.05, 4.69) is 4.74 Å². The number of methoxy groups -OCH3 is 1.